The standard InChI is InChI=1S/C32H36N2O3S/c1-20(2)25-9-7-21(8-10-25)14-28-30(36)34(26-5-4-6-27(15-26)37-3)31(33-28)38-19-29(35)32-16-22-11-23(17-32)13-24(12-22)18-32/h4-10,14-15,20,22-24H,11-13,16-19H2,1-3H3/b28-14+. The third-order valence-corrected chi connectivity index (χ3v) is 9.95. The van der Waals surface area contributed by atoms with Crippen LogP contribution in [0.5, 0.6) is 5.75 Å². The summed E-state index contributed by atoms with van der Waals surface area (Å²) in [5, 5.41) is 0.561. The number of amides is 1. The number of carbonyl (C=O) groups excluding carboxylic acids is 2. The molecule has 2 aromatic carbocycles. The first-order valence-corrected chi connectivity index (χ1v) is 14.9. The number of ketones is 1. The summed E-state index contributed by atoms with van der Waals surface area (Å²) in [6, 6.07) is 15.7. The van der Waals surface area contributed by atoms with E-state index in [2.05, 4.69) is 26.0 Å². The molecular formula is C32H36N2O3S. The van der Waals surface area contributed by atoms with E-state index in [-0.39, 0.29) is 11.3 Å². The van der Waals surface area contributed by atoms with E-state index >= 15 is 0 Å². The summed E-state index contributed by atoms with van der Waals surface area (Å²) >= 11 is 1.41. The van der Waals surface area contributed by atoms with Crippen molar-refractivity contribution >= 4 is 40.4 Å². The number of anilines is 1. The van der Waals surface area contributed by atoms with E-state index in [1.165, 1.54) is 36.6 Å². The number of carbonyl (C=O) groups is 2. The third-order valence-electron chi connectivity index (χ3n) is 9.01. The van der Waals surface area contributed by atoms with Gasteiger partial charge in [0.15, 0.2) is 5.17 Å². The van der Waals surface area contributed by atoms with E-state index in [1.807, 2.05) is 42.5 Å². The molecule has 4 aliphatic carbocycles. The lowest BCUT2D eigenvalue weighted by atomic mass is 9.48. The third kappa shape index (κ3) is 4.72. The molecule has 6 heteroatoms. The van der Waals surface area contributed by atoms with E-state index in [0.717, 1.165) is 42.6 Å². The Kier molecular flexibility index (Phi) is 6.71. The molecule has 0 N–H and O–H groups in total. The van der Waals surface area contributed by atoms with Crippen LogP contribution in [0.1, 0.15) is 69.4 Å². The number of benzene rings is 2. The zero-order chi connectivity index (χ0) is 26.4. The molecule has 1 heterocycles. The molecule has 0 atom stereocenters. The van der Waals surface area contributed by atoms with Gasteiger partial charge in [-0.25, -0.2) is 4.99 Å². The van der Waals surface area contributed by atoms with Crippen molar-refractivity contribution in [3.63, 3.8) is 0 Å². The second-order valence-corrected chi connectivity index (χ2v) is 12.9. The molecule has 198 valence electrons. The average molecular weight is 529 g/mol. The number of amidine groups is 1. The highest BCUT2D eigenvalue weighted by atomic mass is 32.2. The number of hydrogen-bond donors (Lipinski definition) is 0. The molecule has 0 radical (unpaired) electrons. The Bertz CT molecular complexity index is 1270. The molecule has 7 rings (SSSR count). The lowest BCUT2D eigenvalue weighted by molar-refractivity contribution is -0.141. The van der Waals surface area contributed by atoms with Gasteiger partial charge < -0.3 is 4.74 Å². The normalized spacial score (nSPS) is 28.9. The van der Waals surface area contributed by atoms with Crippen LogP contribution in [-0.2, 0) is 9.59 Å². The smallest absolute Gasteiger partial charge is 0.283 e. The molecule has 4 bridgehead atoms. The molecule has 0 saturated heterocycles. The number of aliphatic imine (C=N–C) groups is 1. The molecule has 1 aliphatic heterocycles. The molecule has 4 fully saturated rings. The fraction of sp³-hybridized carbons (Fsp3) is 0.469. The minimum atomic E-state index is -0.184. The zero-order valence-corrected chi connectivity index (χ0v) is 23.3. The van der Waals surface area contributed by atoms with Crippen LogP contribution in [0.3, 0.4) is 0 Å². The van der Waals surface area contributed by atoms with Gasteiger partial charge in [0.1, 0.15) is 17.2 Å². The molecular weight excluding hydrogens is 492 g/mol. The minimum absolute atomic E-state index is 0.150. The fourth-order valence-corrected chi connectivity index (χ4v) is 8.49. The predicted octanol–water partition coefficient (Wildman–Crippen LogP) is 7.08. The number of ether oxygens (including phenoxy) is 1. The fourth-order valence-electron chi connectivity index (χ4n) is 7.44. The number of thioether (sulfide) groups is 1. The van der Waals surface area contributed by atoms with Crippen molar-refractivity contribution in [1.82, 2.24) is 0 Å². The highest BCUT2D eigenvalue weighted by Gasteiger charge is 2.54. The van der Waals surface area contributed by atoms with E-state index in [9.17, 15) is 9.59 Å². The van der Waals surface area contributed by atoms with E-state index in [4.69, 9.17) is 9.73 Å². The molecule has 0 spiro atoms. The molecule has 5 nitrogen and oxygen atoms in total. The van der Waals surface area contributed by atoms with Gasteiger partial charge in [-0.2, -0.15) is 0 Å². The molecule has 0 unspecified atom stereocenters. The van der Waals surface area contributed by atoms with Crippen LogP contribution >= 0.6 is 11.8 Å². The van der Waals surface area contributed by atoms with Crippen molar-refractivity contribution in [2.24, 2.45) is 28.2 Å². The van der Waals surface area contributed by atoms with Crippen molar-refractivity contribution in [2.75, 3.05) is 17.8 Å². The average Bonchev–Trinajstić information content (AvgIpc) is 3.21. The molecule has 2 aromatic rings. The van der Waals surface area contributed by atoms with Crippen LogP contribution in [0.2, 0.25) is 0 Å². The summed E-state index contributed by atoms with van der Waals surface area (Å²) in [6.07, 6.45) is 8.96. The molecule has 1 amide bonds. The van der Waals surface area contributed by atoms with Crippen molar-refractivity contribution in [3.8, 4) is 5.75 Å². The van der Waals surface area contributed by atoms with Crippen molar-refractivity contribution in [2.45, 2.75) is 58.3 Å². The van der Waals surface area contributed by atoms with Crippen LogP contribution in [-0.4, -0.2) is 29.7 Å². The monoisotopic (exact) mass is 528 g/mol. The highest BCUT2D eigenvalue weighted by molar-refractivity contribution is 8.14. The second kappa shape index (κ2) is 10.0. The quantitative estimate of drug-likeness (QED) is 0.360. The summed E-state index contributed by atoms with van der Waals surface area (Å²) in [5.74, 6) is 3.82. The van der Waals surface area contributed by atoms with E-state index in [1.54, 1.807) is 12.0 Å². The van der Waals surface area contributed by atoms with Crippen LogP contribution < -0.4 is 9.64 Å². The maximum Gasteiger partial charge on any atom is 0.283 e. The van der Waals surface area contributed by atoms with Gasteiger partial charge in [-0.3, -0.25) is 14.5 Å². The van der Waals surface area contributed by atoms with Crippen LogP contribution in [0.25, 0.3) is 6.08 Å². The Balaban J connectivity index is 1.27. The summed E-state index contributed by atoms with van der Waals surface area (Å²) < 4.78 is 5.42. The Morgan fingerprint density at radius 3 is 2.34 bits per heavy atom. The number of hydrogen-bond acceptors (Lipinski definition) is 5. The van der Waals surface area contributed by atoms with E-state index in [0.29, 0.717) is 39.8 Å². The SMILES string of the molecule is COc1cccc(N2C(=O)/C(=C\c3ccc(C(C)C)cc3)N=C2SCC(=O)C23CC4CC(CC(C4)C2)C3)c1. The predicted molar refractivity (Wildman–Crippen MR) is 154 cm³/mol. The molecule has 38 heavy (non-hydrogen) atoms. The zero-order valence-electron chi connectivity index (χ0n) is 22.5. The Morgan fingerprint density at radius 1 is 1.08 bits per heavy atom. The number of nitrogens with zero attached hydrogens (tertiary/aromatic N) is 2. The lowest BCUT2D eigenvalue weighted by Gasteiger charge is -2.56. The molecule has 4 saturated carbocycles. The van der Waals surface area contributed by atoms with Gasteiger partial charge in [0.05, 0.1) is 18.6 Å². The maximum absolute atomic E-state index is 13.7. The maximum atomic E-state index is 13.7. The van der Waals surface area contributed by atoms with Crippen LogP contribution in [0.4, 0.5) is 5.69 Å². The van der Waals surface area contributed by atoms with Gasteiger partial charge in [-0.15, -0.1) is 0 Å². The topological polar surface area (TPSA) is 59.0 Å². The van der Waals surface area contributed by atoms with Gasteiger partial charge in [-0.1, -0.05) is 55.9 Å². The number of rotatable bonds is 7. The van der Waals surface area contributed by atoms with Gasteiger partial charge in [0, 0.05) is 11.5 Å². The Labute approximate surface area is 229 Å². The van der Waals surface area contributed by atoms with Crippen LogP contribution in [0, 0.1) is 23.2 Å². The first-order valence-electron chi connectivity index (χ1n) is 13.9. The van der Waals surface area contributed by atoms with Crippen molar-refractivity contribution in [1.29, 1.82) is 0 Å². The molecule has 5 aliphatic rings. The van der Waals surface area contributed by atoms with Gasteiger partial charge in [0.2, 0.25) is 0 Å². The molecule has 0 aromatic heterocycles. The summed E-state index contributed by atoms with van der Waals surface area (Å²) in [5.41, 5.74) is 3.12. The van der Waals surface area contributed by atoms with Crippen LogP contribution in [0.15, 0.2) is 59.2 Å². The Hall–Kier alpha value is -2.86. The minimum Gasteiger partial charge on any atom is -0.497 e. The summed E-state index contributed by atoms with van der Waals surface area (Å²) in [6.45, 7) is 4.33. The highest BCUT2D eigenvalue weighted by Crippen LogP contribution is 2.60. The lowest BCUT2D eigenvalue weighted by Crippen LogP contribution is -2.50. The van der Waals surface area contributed by atoms with Gasteiger partial charge >= 0.3 is 0 Å². The first kappa shape index (κ1) is 25.4. The largest absolute Gasteiger partial charge is 0.497 e. The second-order valence-electron chi connectivity index (χ2n) is 12.0. The Morgan fingerprint density at radius 2 is 1.74 bits per heavy atom. The van der Waals surface area contributed by atoms with E-state index < -0.39 is 0 Å². The van der Waals surface area contributed by atoms with Gasteiger partial charge in [-0.05, 0) is 91.5 Å². The van der Waals surface area contributed by atoms with Gasteiger partial charge in [0.25, 0.3) is 5.91 Å². The number of Topliss-reactive ketones (excluding diaryl/α,β-unsaturated/α-hetero) is 1. The summed E-state index contributed by atoms with van der Waals surface area (Å²) in [4.78, 5) is 33.8. The van der Waals surface area contributed by atoms with Crippen molar-refractivity contribution < 1.29 is 14.3 Å². The first-order chi connectivity index (χ1) is 18.3. The van der Waals surface area contributed by atoms with Crippen molar-refractivity contribution in [3.05, 3.63) is 65.4 Å². The summed E-state index contributed by atoms with van der Waals surface area (Å²) in [7, 11) is 1.62. The number of methoxy groups -OCH3 is 1.